The van der Waals surface area contributed by atoms with Crippen molar-refractivity contribution < 1.29 is 19.1 Å². The van der Waals surface area contributed by atoms with E-state index in [2.05, 4.69) is 10.6 Å². The van der Waals surface area contributed by atoms with Crippen molar-refractivity contribution in [3.8, 4) is 0 Å². The summed E-state index contributed by atoms with van der Waals surface area (Å²) in [5, 5.41) is 6.85. The lowest BCUT2D eigenvalue weighted by atomic mass is 9.70. The molecule has 2 saturated heterocycles. The second-order valence-electron chi connectivity index (χ2n) is 11.5. The molecule has 5 atom stereocenters. The molecule has 204 valence electrons. The van der Waals surface area contributed by atoms with E-state index in [4.69, 9.17) is 16.3 Å². The first kappa shape index (κ1) is 26.1. The Morgan fingerprint density at radius 3 is 2.41 bits per heavy atom. The van der Waals surface area contributed by atoms with Gasteiger partial charge in [0.05, 0.1) is 17.4 Å². The van der Waals surface area contributed by atoms with E-state index in [1.807, 2.05) is 61.5 Å². The molecule has 3 aliphatic heterocycles. The number of carbonyl (C=O) groups excluding carboxylic acids is 3. The number of carbonyl (C=O) groups is 3. The third kappa shape index (κ3) is 4.55. The average molecular weight is 548 g/mol. The minimum absolute atomic E-state index is 0.112. The summed E-state index contributed by atoms with van der Waals surface area (Å²) in [4.78, 5) is 43.5. The summed E-state index contributed by atoms with van der Waals surface area (Å²) in [7, 11) is 0. The van der Waals surface area contributed by atoms with E-state index < -0.39 is 29.1 Å². The van der Waals surface area contributed by atoms with Crippen LogP contribution in [-0.2, 0) is 32.2 Å². The minimum Gasteiger partial charge on any atom is -0.356 e. The van der Waals surface area contributed by atoms with Crippen molar-refractivity contribution in [2.45, 2.75) is 75.4 Å². The molecule has 8 heteroatoms. The number of likely N-dealkylation sites (tertiary alicyclic amines) is 1. The number of amides is 3. The van der Waals surface area contributed by atoms with Crippen molar-refractivity contribution in [1.29, 1.82) is 0 Å². The van der Waals surface area contributed by atoms with Crippen molar-refractivity contribution in [2.24, 2.45) is 11.8 Å². The summed E-state index contributed by atoms with van der Waals surface area (Å²) >= 11 is 6.09. The number of hydrogen-bond donors (Lipinski definition) is 2. The topological polar surface area (TPSA) is 87.7 Å². The molecule has 39 heavy (non-hydrogen) atoms. The van der Waals surface area contributed by atoms with Gasteiger partial charge in [-0.1, -0.05) is 85.5 Å². The van der Waals surface area contributed by atoms with E-state index in [0.29, 0.717) is 11.6 Å². The molecule has 2 aromatic rings. The molecule has 2 bridgehead atoms. The molecule has 0 radical (unpaired) electrons. The van der Waals surface area contributed by atoms with Gasteiger partial charge in [0, 0.05) is 24.2 Å². The monoisotopic (exact) mass is 547 g/mol. The Balaban J connectivity index is 1.32. The van der Waals surface area contributed by atoms with Crippen LogP contribution >= 0.6 is 11.6 Å². The van der Waals surface area contributed by atoms with Crippen molar-refractivity contribution >= 4 is 29.3 Å². The van der Waals surface area contributed by atoms with Gasteiger partial charge in [-0.3, -0.25) is 14.4 Å². The lowest BCUT2D eigenvalue weighted by molar-refractivity contribution is -0.145. The molecule has 1 aliphatic carbocycles. The van der Waals surface area contributed by atoms with Crippen molar-refractivity contribution in [3.05, 3.63) is 82.9 Å². The summed E-state index contributed by atoms with van der Waals surface area (Å²) in [6, 6.07) is 16.1. The number of hydrogen-bond acceptors (Lipinski definition) is 4. The fourth-order valence-corrected chi connectivity index (χ4v) is 7.13. The minimum atomic E-state index is -1.21. The normalized spacial score (nSPS) is 31.4. The van der Waals surface area contributed by atoms with E-state index >= 15 is 0 Å². The number of halogens is 1. The average Bonchev–Trinajstić information content (AvgIpc) is 3.50. The van der Waals surface area contributed by atoms with E-state index in [-0.39, 0.29) is 30.3 Å². The molecule has 2 aromatic carbocycles. The van der Waals surface area contributed by atoms with Gasteiger partial charge in [-0.2, -0.15) is 0 Å². The highest BCUT2D eigenvalue weighted by Crippen LogP contribution is 2.59. The smallest absolute Gasteiger partial charge is 0.246 e. The molecule has 1 spiro atoms. The molecule has 1 saturated carbocycles. The van der Waals surface area contributed by atoms with E-state index in [9.17, 15) is 14.4 Å². The van der Waals surface area contributed by atoms with Gasteiger partial charge in [0.25, 0.3) is 0 Å². The van der Waals surface area contributed by atoms with Crippen molar-refractivity contribution in [1.82, 2.24) is 15.5 Å². The van der Waals surface area contributed by atoms with Crippen LogP contribution in [0.5, 0.6) is 0 Å². The first-order valence-corrected chi connectivity index (χ1v) is 14.3. The third-order valence-corrected chi connectivity index (χ3v) is 9.11. The number of rotatable bonds is 7. The van der Waals surface area contributed by atoms with Crippen molar-refractivity contribution in [3.63, 3.8) is 0 Å². The molecule has 7 nitrogen and oxygen atoms in total. The maximum absolute atomic E-state index is 14.2. The number of nitrogens with one attached hydrogen (secondary N) is 2. The fraction of sp³-hybridized carbons (Fsp3) is 0.452. The standard InChI is InChI=1S/C31H34ClN3O4/c1-30-16-17-31(39-30)25(24(30)27(36)34-23-10-6-3-7-11-23)29(38)35(19-21-12-14-22(32)15-13-21)26(31)28(37)33-18-20-8-4-2-5-9-20/h2,4-5,8-9,12-17,23-26H,3,6-7,10-11,18-19H2,1H3,(H,33,37)(H,34,36)/t24-,25-,26-,30-,31+/m0/s1. The Labute approximate surface area is 233 Å². The van der Waals surface area contributed by atoms with E-state index in [1.165, 1.54) is 6.42 Å². The van der Waals surface area contributed by atoms with Crippen LogP contribution in [-0.4, -0.2) is 45.9 Å². The van der Waals surface area contributed by atoms with Gasteiger partial charge >= 0.3 is 0 Å². The van der Waals surface area contributed by atoms with Gasteiger partial charge < -0.3 is 20.3 Å². The fourth-order valence-electron chi connectivity index (χ4n) is 7.01. The molecule has 3 fully saturated rings. The zero-order chi connectivity index (χ0) is 27.2. The van der Waals surface area contributed by atoms with Crippen LogP contribution in [0.15, 0.2) is 66.7 Å². The maximum atomic E-state index is 14.2. The first-order chi connectivity index (χ1) is 18.8. The number of ether oxygens (including phenoxy) is 1. The second kappa shape index (κ2) is 10.1. The Morgan fingerprint density at radius 2 is 1.69 bits per heavy atom. The van der Waals surface area contributed by atoms with Gasteiger partial charge in [0.15, 0.2) is 0 Å². The Kier molecular flexibility index (Phi) is 6.76. The van der Waals surface area contributed by atoms with Gasteiger partial charge in [0.1, 0.15) is 11.6 Å². The Morgan fingerprint density at radius 1 is 0.974 bits per heavy atom. The quantitative estimate of drug-likeness (QED) is 0.510. The SMILES string of the molecule is C[C@@]12C=C[C@@]3(O1)[C@H](C(=O)N(Cc1ccc(Cl)cc1)[C@H]3C(=O)NCc1ccccc1)[C@H]2C(=O)NC1CCCCC1. The second-order valence-corrected chi connectivity index (χ2v) is 11.9. The van der Waals surface area contributed by atoms with Crippen LogP contribution in [0.2, 0.25) is 5.02 Å². The lowest BCUT2D eigenvalue weighted by Gasteiger charge is -2.33. The van der Waals surface area contributed by atoms with Crippen LogP contribution in [0.1, 0.15) is 50.2 Å². The molecule has 3 heterocycles. The van der Waals surface area contributed by atoms with E-state index in [1.54, 1.807) is 17.0 Å². The van der Waals surface area contributed by atoms with Crippen LogP contribution in [0.25, 0.3) is 0 Å². The number of benzene rings is 2. The highest BCUT2D eigenvalue weighted by Gasteiger charge is 2.76. The molecular formula is C31H34ClN3O4. The Bertz CT molecular complexity index is 1290. The zero-order valence-corrected chi connectivity index (χ0v) is 22.8. The van der Waals surface area contributed by atoms with Gasteiger partial charge in [-0.25, -0.2) is 0 Å². The van der Waals surface area contributed by atoms with Crippen molar-refractivity contribution in [2.75, 3.05) is 0 Å². The molecule has 0 aromatic heterocycles. The predicted molar refractivity (Wildman–Crippen MR) is 147 cm³/mol. The predicted octanol–water partition coefficient (Wildman–Crippen LogP) is 4.15. The van der Waals surface area contributed by atoms with Crippen LogP contribution in [0.3, 0.4) is 0 Å². The molecule has 3 amide bonds. The summed E-state index contributed by atoms with van der Waals surface area (Å²) in [6.45, 7) is 2.40. The summed E-state index contributed by atoms with van der Waals surface area (Å²) < 4.78 is 6.62. The van der Waals surface area contributed by atoms with Crippen LogP contribution in [0, 0.1) is 11.8 Å². The molecule has 4 aliphatic rings. The lowest BCUT2D eigenvalue weighted by Crippen LogP contribution is -2.54. The maximum Gasteiger partial charge on any atom is 0.246 e. The van der Waals surface area contributed by atoms with Crippen LogP contribution in [0.4, 0.5) is 0 Å². The van der Waals surface area contributed by atoms with Gasteiger partial charge in [-0.15, -0.1) is 0 Å². The summed E-state index contributed by atoms with van der Waals surface area (Å²) in [6.07, 6.45) is 9.00. The zero-order valence-electron chi connectivity index (χ0n) is 22.1. The Hall–Kier alpha value is -3.16. The molecule has 6 rings (SSSR count). The van der Waals surface area contributed by atoms with Gasteiger partial charge in [-0.05, 0) is 43.0 Å². The summed E-state index contributed by atoms with van der Waals surface area (Å²) in [5.74, 6) is -2.19. The number of nitrogens with zero attached hydrogens (tertiary/aromatic N) is 1. The highest BCUT2D eigenvalue weighted by molar-refractivity contribution is 6.30. The molecule has 2 N–H and O–H groups in total. The third-order valence-electron chi connectivity index (χ3n) is 8.85. The van der Waals surface area contributed by atoms with E-state index in [0.717, 1.165) is 36.8 Å². The number of fused-ring (bicyclic) bond motifs is 1. The first-order valence-electron chi connectivity index (χ1n) is 13.9. The largest absolute Gasteiger partial charge is 0.356 e. The highest BCUT2D eigenvalue weighted by atomic mass is 35.5. The molecule has 0 unspecified atom stereocenters. The van der Waals surface area contributed by atoms with Crippen LogP contribution < -0.4 is 10.6 Å². The summed E-state index contributed by atoms with van der Waals surface area (Å²) in [5.41, 5.74) is -0.368. The molecular weight excluding hydrogens is 514 g/mol. The van der Waals surface area contributed by atoms with Gasteiger partial charge in [0.2, 0.25) is 17.7 Å².